The molecule has 3 saturated carbocycles. The highest BCUT2D eigenvalue weighted by Gasteiger charge is 2.50. The van der Waals surface area contributed by atoms with Crippen molar-refractivity contribution in [2.75, 3.05) is 7.11 Å². The van der Waals surface area contributed by atoms with Gasteiger partial charge in [0.15, 0.2) is 4.90 Å². The molecule has 1 aromatic heterocycles. The molecule has 45 heavy (non-hydrogen) atoms. The first-order chi connectivity index (χ1) is 21.7. The van der Waals surface area contributed by atoms with Crippen molar-refractivity contribution in [2.24, 2.45) is 11.8 Å². The van der Waals surface area contributed by atoms with Crippen molar-refractivity contribution < 1.29 is 41.3 Å². The number of fused-ring (bicyclic) bond motifs is 3. The van der Waals surface area contributed by atoms with Crippen LogP contribution in [0.5, 0.6) is 5.75 Å². The molecule has 3 unspecified atom stereocenters. The van der Waals surface area contributed by atoms with E-state index in [0.717, 1.165) is 54.2 Å². The van der Waals surface area contributed by atoms with E-state index in [-0.39, 0.29) is 47.0 Å². The fourth-order valence-electron chi connectivity index (χ4n) is 7.07. The van der Waals surface area contributed by atoms with Crippen LogP contribution in [0.4, 0.5) is 13.2 Å². The van der Waals surface area contributed by atoms with Crippen LogP contribution in [-0.4, -0.2) is 40.5 Å². The van der Waals surface area contributed by atoms with E-state index in [1.54, 1.807) is 24.3 Å². The number of aromatic nitrogens is 1. The van der Waals surface area contributed by atoms with Gasteiger partial charge >= 0.3 is 12.3 Å². The number of methoxy groups -OCH3 is 1. The first-order valence-electron chi connectivity index (χ1n) is 15.2. The quantitative estimate of drug-likeness (QED) is 0.136. The van der Waals surface area contributed by atoms with Gasteiger partial charge in [-0.3, -0.25) is 0 Å². The Kier molecular flexibility index (Phi) is 8.03. The highest BCUT2D eigenvalue weighted by Crippen LogP contribution is 2.50. The van der Waals surface area contributed by atoms with E-state index in [2.05, 4.69) is 9.89 Å². The van der Waals surface area contributed by atoms with Gasteiger partial charge in [-0.1, -0.05) is 23.4 Å². The third-order valence-corrected chi connectivity index (χ3v) is 11.3. The molecular weight excluding hydrogens is 607 g/mol. The van der Waals surface area contributed by atoms with Crippen molar-refractivity contribution >= 4 is 27.9 Å². The predicted molar refractivity (Wildman–Crippen MR) is 160 cm³/mol. The Labute approximate surface area is 261 Å². The minimum absolute atomic E-state index is 0.0243. The number of alkyl halides is 3. The number of halogens is 3. The summed E-state index contributed by atoms with van der Waals surface area (Å²) in [5, 5.41) is 6.00. The van der Waals surface area contributed by atoms with Crippen LogP contribution >= 0.6 is 0 Å². The van der Waals surface area contributed by atoms with Crippen LogP contribution < -0.4 is 4.74 Å². The summed E-state index contributed by atoms with van der Waals surface area (Å²) in [5.74, 6) is 0.587. The second-order valence-electron chi connectivity index (χ2n) is 12.2. The third kappa shape index (κ3) is 6.17. The maximum absolute atomic E-state index is 13.9. The number of carbonyl (C=O) groups is 1. The molecule has 0 aliphatic heterocycles. The second kappa shape index (κ2) is 12.0. The molecule has 11 heteroatoms. The van der Waals surface area contributed by atoms with E-state index < -0.39 is 23.5 Å². The molecular formula is C34H32F3NO6S. The summed E-state index contributed by atoms with van der Waals surface area (Å²) in [5.41, 5.74) is 1.65. The summed E-state index contributed by atoms with van der Waals surface area (Å²) in [6.07, 6.45) is 0.437. The lowest BCUT2D eigenvalue weighted by Crippen LogP contribution is -2.40. The van der Waals surface area contributed by atoms with Crippen LogP contribution in [0.2, 0.25) is 0 Å². The van der Waals surface area contributed by atoms with E-state index in [9.17, 15) is 22.5 Å². The fourth-order valence-corrected chi connectivity index (χ4v) is 9.02. The molecule has 1 heterocycles. The predicted octanol–water partition coefficient (Wildman–Crippen LogP) is 7.94. The average Bonchev–Trinajstić information content (AvgIpc) is 3.73. The topological polar surface area (TPSA) is 93.9 Å². The van der Waals surface area contributed by atoms with Gasteiger partial charge in [0, 0.05) is 34.9 Å². The number of esters is 1. The number of rotatable bonds is 9. The van der Waals surface area contributed by atoms with Gasteiger partial charge in [-0.05, 0) is 96.9 Å². The lowest BCUT2D eigenvalue weighted by atomic mass is 9.86. The van der Waals surface area contributed by atoms with Crippen molar-refractivity contribution in [1.29, 1.82) is 0 Å². The van der Waals surface area contributed by atoms with Crippen LogP contribution in [0.1, 0.15) is 66.1 Å². The van der Waals surface area contributed by atoms with Crippen molar-refractivity contribution in [2.45, 2.75) is 73.7 Å². The Morgan fingerprint density at radius 1 is 1.00 bits per heavy atom. The SMILES string of the molecule is COC(=O)c1ccc2cc([S+]([O-])C3C4CCC3CC(OCc3c(-c5ccccc5OC(F)(F)F)noc3C3CC3)C4)ccc2c1. The Morgan fingerprint density at radius 2 is 1.71 bits per heavy atom. The van der Waals surface area contributed by atoms with Gasteiger partial charge in [0.05, 0.1) is 25.4 Å². The molecule has 3 fully saturated rings. The summed E-state index contributed by atoms with van der Waals surface area (Å²) in [6, 6.07) is 17.0. The lowest BCUT2D eigenvalue weighted by molar-refractivity contribution is -0.274. The summed E-state index contributed by atoms with van der Waals surface area (Å²) < 4.78 is 74.6. The average molecular weight is 640 g/mol. The number of hydrogen-bond donors (Lipinski definition) is 0. The molecule has 3 aliphatic carbocycles. The largest absolute Gasteiger partial charge is 0.611 e. The lowest BCUT2D eigenvalue weighted by Gasteiger charge is -2.35. The Balaban J connectivity index is 1.06. The maximum Gasteiger partial charge on any atom is 0.573 e. The van der Waals surface area contributed by atoms with Gasteiger partial charge in [-0.2, -0.15) is 0 Å². The van der Waals surface area contributed by atoms with Gasteiger partial charge in [0.25, 0.3) is 0 Å². The molecule has 236 valence electrons. The standard InChI is InChI=1S/C34H32F3NO6S/c1-41-33(39)24-11-8-21-17-26(13-12-20(21)14-24)45(40)32-22-9-10-23(32)16-25(15-22)42-18-28-30(38-44-31(28)19-6-7-19)27-4-2-3-5-29(27)43-34(35,36)37/h2-5,8,11-14,17,19,22-23,25,32H,6-7,9-10,15-16,18H2,1H3. The zero-order valence-corrected chi connectivity index (χ0v) is 25.4. The van der Waals surface area contributed by atoms with Crippen LogP contribution in [0.25, 0.3) is 22.0 Å². The first kappa shape index (κ1) is 30.1. The van der Waals surface area contributed by atoms with Gasteiger partial charge < -0.3 is 23.3 Å². The van der Waals surface area contributed by atoms with Crippen molar-refractivity contribution in [3.63, 3.8) is 0 Å². The molecule has 4 aromatic rings. The Morgan fingerprint density at radius 3 is 2.42 bits per heavy atom. The van der Waals surface area contributed by atoms with Crippen LogP contribution in [0.15, 0.2) is 70.1 Å². The van der Waals surface area contributed by atoms with Crippen LogP contribution in [-0.2, 0) is 27.3 Å². The number of para-hydroxylation sites is 1. The summed E-state index contributed by atoms with van der Waals surface area (Å²) in [7, 11) is 1.35. The second-order valence-corrected chi connectivity index (χ2v) is 13.8. The molecule has 2 bridgehead atoms. The van der Waals surface area contributed by atoms with E-state index >= 15 is 0 Å². The fraction of sp³-hybridized carbons (Fsp3) is 0.412. The molecule has 0 spiro atoms. The van der Waals surface area contributed by atoms with Crippen LogP contribution in [0, 0.1) is 11.8 Å². The van der Waals surface area contributed by atoms with Gasteiger partial charge in [-0.15, -0.1) is 13.2 Å². The van der Waals surface area contributed by atoms with Gasteiger partial charge in [0.2, 0.25) is 0 Å². The molecule has 0 saturated heterocycles. The Hall–Kier alpha value is -3.54. The van der Waals surface area contributed by atoms with Gasteiger partial charge in [0.1, 0.15) is 22.5 Å². The van der Waals surface area contributed by atoms with E-state index in [1.165, 1.54) is 19.2 Å². The van der Waals surface area contributed by atoms with Gasteiger partial charge in [-0.25, -0.2) is 4.79 Å². The number of nitrogens with zero attached hydrogens (tertiary/aromatic N) is 1. The van der Waals surface area contributed by atoms with Crippen molar-refractivity contribution in [3.8, 4) is 17.0 Å². The normalized spacial score (nSPS) is 23.7. The molecule has 0 amide bonds. The number of hydrogen-bond acceptors (Lipinski definition) is 7. The molecule has 3 aromatic carbocycles. The smallest absolute Gasteiger partial charge is 0.573 e. The zero-order chi connectivity index (χ0) is 31.3. The summed E-state index contributed by atoms with van der Waals surface area (Å²) in [6.45, 7) is 0.168. The highest BCUT2D eigenvalue weighted by molar-refractivity contribution is 7.92. The van der Waals surface area contributed by atoms with E-state index in [1.807, 2.05) is 24.3 Å². The molecule has 3 aliphatic rings. The molecule has 7 nitrogen and oxygen atoms in total. The number of ether oxygens (including phenoxy) is 3. The zero-order valence-electron chi connectivity index (χ0n) is 24.5. The monoisotopic (exact) mass is 639 g/mol. The molecule has 3 atom stereocenters. The van der Waals surface area contributed by atoms with Crippen LogP contribution in [0.3, 0.4) is 0 Å². The minimum Gasteiger partial charge on any atom is -0.611 e. The molecule has 7 rings (SSSR count). The van der Waals surface area contributed by atoms with Crippen molar-refractivity contribution in [1.82, 2.24) is 5.16 Å². The summed E-state index contributed by atoms with van der Waals surface area (Å²) >= 11 is -1.21. The molecule has 0 radical (unpaired) electrons. The third-order valence-electron chi connectivity index (χ3n) is 9.28. The van der Waals surface area contributed by atoms with E-state index in [0.29, 0.717) is 22.6 Å². The first-order valence-corrected chi connectivity index (χ1v) is 16.4. The number of carbonyl (C=O) groups excluding carboxylic acids is 1. The van der Waals surface area contributed by atoms with Crippen molar-refractivity contribution in [3.05, 3.63) is 77.6 Å². The Bertz CT molecular complexity index is 1710. The molecule has 0 N–H and O–H groups in total. The van der Waals surface area contributed by atoms with E-state index in [4.69, 9.17) is 14.0 Å². The number of benzene rings is 3. The minimum atomic E-state index is -4.84. The maximum atomic E-state index is 13.9. The summed E-state index contributed by atoms with van der Waals surface area (Å²) in [4.78, 5) is 12.7. The highest BCUT2D eigenvalue weighted by atomic mass is 32.2.